The van der Waals surface area contributed by atoms with Crippen LogP contribution in [0.25, 0.3) is 0 Å². The molecule has 2 aromatic rings. The highest BCUT2D eigenvalue weighted by Crippen LogP contribution is 2.29. The van der Waals surface area contributed by atoms with Crippen LogP contribution < -0.4 is 20.4 Å². The monoisotopic (exact) mass is 428 g/mol. The number of nitrogens with one attached hydrogen (secondary N) is 2. The Morgan fingerprint density at radius 1 is 1.10 bits per heavy atom. The predicted octanol–water partition coefficient (Wildman–Crippen LogP) is 4.03. The maximum Gasteiger partial charge on any atom is 0.232 e. The van der Waals surface area contributed by atoms with Gasteiger partial charge < -0.3 is 24.9 Å². The zero-order chi connectivity index (χ0) is 20.9. The second-order valence-corrected chi connectivity index (χ2v) is 9.10. The van der Waals surface area contributed by atoms with Crippen LogP contribution in [-0.2, 0) is 6.54 Å². The molecule has 2 aliphatic rings. The minimum Gasteiger partial charge on any atom is -0.467 e. The first-order valence-corrected chi connectivity index (χ1v) is 11.4. The Morgan fingerprint density at radius 2 is 1.80 bits per heavy atom. The number of nitrogens with zero attached hydrogens (tertiary/aromatic N) is 4. The third-order valence-corrected chi connectivity index (χ3v) is 6.05. The average Bonchev–Trinajstić information content (AvgIpc) is 3.26. The maximum absolute atomic E-state index is 5.47. The summed E-state index contributed by atoms with van der Waals surface area (Å²) in [4.78, 5) is 14.4. The molecule has 2 saturated heterocycles. The van der Waals surface area contributed by atoms with Crippen LogP contribution >= 0.6 is 12.2 Å². The van der Waals surface area contributed by atoms with Gasteiger partial charge in [-0.25, -0.2) is 0 Å². The van der Waals surface area contributed by atoms with Crippen LogP contribution in [0, 0.1) is 11.8 Å². The molecular weight excluding hydrogens is 396 g/mol. The van der Waals surface area contributed by atoms with Gasteiger partial charge in [-0.2, -0.15) is 9.97 Å². The van der Waals surface area contributed by atoms with Crippen molar-refractivity contribution in [1.29, 1.82) is 0 Å². The largest absolute Gasteiger partial charge is 0.467 e. The van der Waals surface area contributed by atoms with Crippen LogP contribution in [-0.4, -0.2) is 41.3 Å². The minimum atomic E-state index is 0.494. The highest BCUT2D eigenvalue weighted by molar-refractivity contribution is 7.80. The number of thiocarbonyl (C=S) groups is 1. The second kappa shape index (κ2) is 9.64. The number of hydrogen-bond donors (Lipinski definition) is 2. The van der Waals surface area contributed by atoms with Gasteiger partial charge in [-0.3, -0.25) is 0 Å². The molecule has 0 bridgehead atoms. The van der Waals surface area contributed by atoms with E-state index in [2.05, 4.69) is 40.3 Å². The number of rotatable bonds is 5. The van der Waals surface area contributed by atoms with Crippen LogP contribution in [0.15, 0.2) is 28.9 Å². The summed E-state index contributed by atoms with van der Waals surface area (Å²) in [6.07, 6.45) is 6.64. The molecule has 7 nitrogen and oxygen atoms in total. The standard InChI is InChI=1S/C22H32N6OS/c1-16-11-17(2)15-28(14-16)20-12-19(27-8-4-3-5-9-27)24-21(25-20)26-22(30)23-13-18-7-6-10-29-18/h6-7,10,12,16-17H,3-5,8-9,11,13-15H2,1-2H3,(H2,23,24,25,26,30)/t16-,17+. The van der Waals surface area contributed by atoms with Gasteiger partial charge in [0.2, 0.25) is 5.95 Å². The van der Waals surface area contributed by atoms with Crippen molar-refractivity contribution in [2.45, 2.75) is 46.1 Å². The number of hydrogen-bond acceptors (Lipinski definition) is 6. The Kier molecular flexibility index (Phi) is 6.72. The topological polar surface area (TPSA) is 69.5 Å². The molecule has 4 heterocycles. The second-order valence-electron chi connectivity index (χ2n) is 8.69. The van der Waals surface area contributed by atoms with Crippen LogP contribution in [0.2, 0.25) is 0 Å². The molecule has 30 heavy (non-hydrogen) atoms. The van der Waals surface area contributed by atoms with Crippen molar-refractivity contribution in [1.82, 2.24) is 15.3 Å². The van der Waals surface area contributed by atoms with Gasteiger partial charge in [0.25, 0.3) is 0 Å². The van der Waals surface area contributed by atoms with Crippen LogP contribution in [0.1, 0.15) is 45.3 Å². The third-order valence-electron chi connectivity index (χ3n) is 5.80. The molecule has 162 valence electrons. The summed E-state index contributed by atoms with van der Waals surface area (Å²) >= 11 is 5.47. The Labute approximate surface area is 184 Å². The van der Waals surface area contributed by atoms with Crippen molar-refractivity contribution >= 4 is 34.9 Å². The number of furan rings is 1. The summed E-state index contributed by atoms with van der Waals surface area (Å²) in [6.45, 7) is 9.32. The fraction of sp³-hybridized carbons (Fsp3) is 0.591. The van der Waals surface area contributed by atoms with Crippen molar-refractivity contribution in [3.05, 3.63) is 30.2 Å². The molecule has 4 rings (SSSR count). The fourth-order valence-corrected chi connectivity index (χ4v) is 4.66. The van der Waals surface area contributed by atoms with E-state index < -0.39 is 0 Å². The Hall–Kier alpha value is -2.35. The van der Waals surface area contributed by atoms with Crippen LogP contribution in [0.3, 0.4) is 0 Å². The van der Waals surface area contributed by atoms with Crippen molar-refractivity contribution in [3.8, 4) is 0 Å². The van der Waals surface area contributed by atoms with E-state index in [0.717, 1.165) is 43.6 Å². The van der Waals surface area contributed by atoms with Gasteiger partial charge in [0, 0.05) is 32.2 Å². The predicted molar refractivity (Wildman–Crippen MR) is 125 cm³/mol. The molecule has 0 aliphatic carbocycles. The zero-order valence-corrected chi connectivity index (χ0v) is 18.7. The van der Waals surface area contributed by atoms with Crippen LogP contribution in [0.5, 0.6) is 0 Å². The Balaban J connectivity index is 1.52. The lowest BCUT2D eigenvalue weighted by atomic mass is 9.92. The summed E-state index contributed by atoms with van der Waals surface area (Å²) < 4.78 is 5.36. The number of aromatic nitrogens is 2. The van der Waals surface area contributed by atoms with Gasteiger partial charge in [0.05, 0.1) is 12.8 Å². The normalized spacial score (nSPS) is 22.1. The summed E-state index contributed by atoms with van der Waals surface area (Å²) in [5, 5.41) is 6.85. The van der Waals surface area contributed by atoms with E-state index in [4.69, 9.17) is 26.6 Å². The molecule has 2 aliphatic heterocycles. The van der Waals surface area contributed by atoms with Crippen molar-refractivity contribution in [3.63, 3.8) is 0 Å². The van der Waals surface area contributed by atoms with Crippen molar-refractivity contribution in [2.24, 2.45) is 11.8 Å². The molecular formula is C22H32N6OS. The van der Waals surface area contributed by atoms with E-state index in [1.54, 1.807) is 6.26 Å². The third kappa shape index (κ3) is 5.41. The quantitative estimate of drug-likeness (QED) is 0.692. The molecule has 0 spiro atoms. The highest BCUT2D eigenvalue weighted by atomic mass is 32.1. The highest BCUT2D eigenvalue weighted by Gasteiger charge is 2.25. The molecule has 2 aromatic heterocycles. The Morgan fingerprint density at radius 3 is 2.47 bits per heavy atom. The van der Waals surface area contributed by atoms with Gasteiger partial charge in [-0.1, -0.05) is 13.8 Å². The molecule has 2 fully saturated rings. The molecule has 0 amide bonds. The van der Waals surface area contributed by atoms with Gasteiger partial charge in [0.15, 0.2) is 5.11 Å². The van der Waals surface area contributed by atoms with Gasteiger partial charge in [0.1, 0.15) is 17.4 Å². The summed E-state index contributed by atoms with van der Waals surface area (Å²) in [5.74, 6) is 4.68. The van der Waals surface area contributed by atoms with Crippen molar-refractivity contribution < 1.29 is 4.42 Å². The van der Waals surface area contributed by atoms with Gasteiger partial charge in [-0.05, 0) is 61.9 Å². The van der Waals surface area contributed by atoms with E-state index in [1.807, 2.05) is 12.1 Å². The zero-order valence-electron chi connectivity index (χ0n) is 17.9. The van der Waals surface area contributed by atoms with Crippen LogP contribution in [0.4, 0.5) is 17.6 Å². The number of piperidine rings is 2. The molecule has 0 unspecified atom stereocenters. The molecule has 0 aromatic carbocycles. The van der Waals surface area contributed by atoms with Gasteiger partial charge in [-0.15, -0.1) is 0 Å². The van der Waals surface area contributed by atoms with Gasteiger partial charge >= 0.3 is 0 Å². The molecule has 8 heteroatoms. The van der Waals surface area contributed by atoms with E-state index in [1.165, 1.54) is 25.7 Å². The van der Waals surface area contributed by atoms with E-state index in [-0.39, 0.29) is 0 Å². The first-order valence-electron chi connectivity index (χ1n) is 11.0. The van der Waals surface area contributed by atoms with E-state index in [9.17, 15) is 0 Å². The summed E-state index contributed by atoms with van der Waals surface area (Å²) in [6, 6.07) is 5.94. The van der Waals surface area contributed by atoms with E-state index >= 15 is 0 Å². The lowest BCUT2D eigenvalue weighted by Gasteiger charge is -2.36. The molecule has 0 radical (unpaired) electrons. The Bertz CT molecular complexity index is 826. The number of anilines is 3. The molecule has 2 N–H and O–H groups in total. The lowest BCUT2D eigenvalue weighted by Crippen LogP contribution is -2.40. The summed E-state index contributed by atoms with van der Waals surface area (Å²) in [7, 11) is 0. The first-order chi connectivity index (χ1) is 14.6. The minimum absolute atomic E-state index is 0.494. The lowest BCUT2D eigenvalue weighted by molar-refractivity contribution is 0.355. The smallest absolute Gasteiger partial charge is 0.232 e. The van der Waals surface area contributed by atoms with Crippen molar-refractivity contribution in [2.75, 3.05) is 41.3 Å². The molecule has 0 saturated carbocycles. The maximum atomic E-state index is 5.47. The fourth-order valence-electron chi connectivity index (χ4n) is 4.50. The summed E-state index contributed by atoms with van der Waals surface area (Å²) in [5.41, 5.74) is 0. The SMILES string of the molecule is C[C@@H]1C[C@H](C)CN(c2cc(N3CCCCC3)nc(NC(=S)NCc3ccco3)n2)C1. The molecule has 2 atom stereocenters. The van der Waals surface area contributed by atoms with E-state index in [0.29, 0.717) is 29.4 Å². The average molecular weight is 429 g/mol. The first kappa shape index (κ1) is 20.9.